The first-order chi connectivity index (χ1) is 13.6. The molecule has 1 heterocycles. The third kappa shape index (κ3) is 6.14. The molecule has 0 aliphatic carbocycles. The van der Waals surface area contributed by atoms with E-state index in [0.29, 0.717) is 18.1 Å². The maximum Gasteiger partial charge on any atom is 0.223 e. The molecule has 0 saturated carbocycles. The van der Waals surface area contributed by atoms with Crippen molar-refractivity contribution in [2.75, 3.05) is 26.8 Å². The van der Waals surface area contributed by atoms with Crippen molar-refractivity contribution in [2.45, 2.75) is 31.8 Å². The van der Waals surface area contributed by atoms with Gasteiger partial charge in [-0.25, -0.2) is 0 Å². The first-order valence-corrected chi connectivity index (χ1v) is 10.0. The summed E-state index contributed by atoms with van der Waals surface area (Å²) in [5, 5.41) is 3.80. The normalized spacial score (nSPS) is 15.2. The van der Waals surface area contributed by atoms with E-state index in [0.717, 1.165) is 44.0 Å². The predicted molar refractivity (Wildman–Crippen MR) is 111 cm³/mol. The molecule has 0 bridgehead atoms. The monoisotopic (exact) mass is 402 g/mol. The summed E-state index contributed by atoms with van der Waals surface area (Å²) in [4.78, 5) is 14.6. The van der Waals surface area contributed by atoms with E-state index in [9.17, 15) is 4.79 Å². The van der Waals surface area contributed by atoms with E-state index in [1.165, 1.54) is 5.56 Å². The molecule has 1 N–H and O–H groups in total. The number of hydrogen-bond acceptors (Lipinski definition) is 4. The summed E-state index contributed by atoms with van der Waals surface area (Å²) in [6.07, 6.45) is 2.27. The SMILES string of the molecule is COc1ccccc1CN1CCC(NC(=O)CCOc2ccc(Cl)cc2)CC1. The molecule has 0 atom stereocenters. The van der Waals surface area contributed by atoms with Crippen LogP contribution in [-0.4, -0.2) is 43.7 Å². The fourth-order valence-electron chi connectivity index (χ4n) is 3.40. The van der Waals surface area contributed by atoms with Crippen LogP contribution in [0.3, 0.4) is 0 Å². The number of halogens is 1. The highest BCUT2D eigenvalue weighted by Gasteiger charge is 2.21. The molecule has 1 aliphatic heterocycles. The number of amides is 1. The largest absolute Gasteiger partial charge is 0.496 e. The topological polar surface area (TPSA) is 50.8 Å². The Morgan fingerprint density at radius 2 is 1.86 bits per heavy atom. The van der Waals surface area contributed by atoms with Gasteiger partial charge in [0.1, 0.15) is 11.5 Å². The highest BCUT2D eigenvalue weighted by Crippen LogP contribution is 2.21. The van der Waals surface area contributed by atoms with Gasteiger partial charge in [-0.1, -0.05) is 29.8 Å². The molecule has 2 aromatic rings. The number of rotatable bonds is 8. The molecule has 0 unspecified atom stereocenters. The second kappa shape index (κ2) is 10.3. The molecule has 5 nitrogen and oxygen atoms in total. The summed E-state index contributed by atoms with van der Waals surface area (Å²) < 4.78 is 11.0. The summed E-state index contributed by atoms with van der Waals surface area (Å²) in [6, 6.07) is 15.5. The zero-order valence-corrected chi connectivity index (χ0v) is 17.0. The van der Waals surface area contributed by atoms with Crippen molar-refractivity contribution in [1.29, 1.82) is 0 Å². The maximum atomic E-state index is 12.2. The molecule has 28 heavy (non-hydrogen) atoms. The Labute approximate surface area is 171 Å². The number of likely N-dealkylation sites (tertiary alicyclic amines) is 1. The molecule has 1 amide bonds. The number of ether oxygens (including phenoxy) is 2. The molecule has 150 valence electrons. The van der Waals surface area contributed by atoms with E-state index >= 15 is 0 Å². The zero-order chi connectivity index (χ0) is 19.8. The first-order valence-electron chi connectivity index (χ1n) is 9.66. The van der Waals surface area contributed by atoms with Crippen LogP contribution >= 0.6 is 11.6 Å². The van der Waals surface area contributed by atoms with Crippen molar-refractivity contribution < 1.29 is 14.3 Å². The Morgan fingerprint density at radius 3 is 2.57 bits per heavy atom. The van der Waals surface area contributed by atoms with Crippen molar-refractivity contribution in [3.63, 3.8) is 0 Å². The van der Waals surface area contributed by atoms with Crippen molar-refractivity contribution in [2.24, 2.45) is 0 Å². The molecule has 1 aliphatic rings. The van der Waals surface area contributed by atoms with E-state index < -0.39 is 0 Å². The summed E-state index contributed by atoms with van der Waals surface area (Å²) in [5.74, 6) is 1.69. The van der Waals surface area contributed by atoms with Crippen molar-refractivity contribution in [3.8, 4) is 11.5 Å². The molecule has 6 heteroatoms. The van der Waals surface area contributed by atoms with E-state index in [-0.39, 0.29) is 11.9 Å². The molecule has 1 saturated heterocycles. The van der Waals surface area contributed by atoms with E-state index in [1.54, 1.807) is 31.4 Å². The third-order valence-electron chi connectivity index (χ3n) is 4.95. The van der Waals surface area contributed by atoms with Crippen LogP contribution < -0.4 is 14.8 Å². The number of para-hydroxylation sites is 1. The molecule has 0 radical (unpaired) electrons. The van der Waals surface area contributed by atoms with Gasteiger partial charge in [0.15, 0.2) is 0 Å². The van der Waals surface area contributed by atoms with Crippen LogP contribution in [0.4, 0.5) is 0 Å². The number of benzene rings is 2. The van der Waals surface area contributed by atoms with Crippen LogP contribution in [0, 0.1) is 0 Å². The summed E-state index contributed by atoms with van der Waals surface area (Å²) >= 11 is 5.85. The second-order valence-corrected chi connectivity index (χ2v) is 7.42. The molecule has 2 aromatic carbocycles. The molecular formula is C22H27ClN2O3. The zero-order valence-electron chi connectivity index (χ0n) is 16.2. The standard InChI is InChI=1S/C22H27ClN2O3/c1-27-21-5-3-2-4-17(21)16-25-13-10-19(11-14-25)24-22(26)12-15-28-20-8-6-18(23)7-9-20/h2-9,19H,10-16H2,1H3,(H,24,26). The van der Waals surface area contributed by atoms with Crippen LogP contribution in [-0.2, 0) is 11.3 Å². The van der Waals surface area contributed by atoms with Crippen molar-refractivity contribution in [3.05, 3.63) is 59.1 Å². The lowest BCUT2D eigenvalue weighted by molar-refractivity contribution is -0.122. The molecule has 3 rings (SSSR count). The van der Waals surface area contributed by atoms with Gasteiger partial charge in [-0.15, -0.1) is 0 Å². The fraction of sp³-hybridized carbons (Fsp3) is 0.409. The Balaban J connectivity index is 1.35. The minimum atomic E-state index is 0.0390. The lowest BCUT2D eigenvalue weighted by Gasteiger charge is -2.32. The van der Waals surface area contributed by atoms with Gasteiger partial charge in [0, 0.05) is 36.3 Å². The number of carbonyl (C=O) groups is 1. The van der Waals surface area contributed by atoms with Crippen LogP contribution in [0.25, 0.3) is 0 Å². The van der Waals surface area contributed by atoms with Crippen molar-refractivity contribution >= 4 is 17.5 Å². The number of hydrogen-bond donors (Lipinski definition) is 1. The number of methoxy groups -OCH3 is 1. The first kappa shape index (κ1) is 20.5. The third-order valence-corrected chi connectivity index (χ3v) is 5.20. The quantitative estimate of drug-likeness (QED) is 0.727. The van der Waals surface area contributed by atoms with Gasteiger partial charge in [-0.3, -0.25) is 9.69 Å². The van der Waals surface area contributed by atoms with Gasteiger partial charge in [0.25, 0.3) is 0 Å². The van der Waals surface area contributed by atoms with E-state index in [4.69, 9.17) is 21.1 Å². The number of piperidine rings is 1. The van der Waals surface area contributed by atoms with Gasteiger partial charge < -0.3 is 14.8 Å². The number of nitrogens with one attached hydrogen (secondary N) is 1. The summed E-state index contributed by atoms with van der Waals surface area (Å²) in [7, 11) is 1.71. The minimum absolute atomic E-state index is 0.0390. The van der Waals surface area contributed by atoms with E-state index in [2.05, 4.69) is 16.3 Å². The van der Waals surface area contributed by atoms with E-state index in [1.807, 2.05) is 18.2 Å². The Kier molecular flexibility index (Phi) is 7.57. The van der Waals surface area contributed by atoms with Gasteiger partial charge in [0.2, 0.25) is 5.91 Å². The van der Waals surface area contributed by atoms with Crippen molar-refractivity contribution in [1.82, 2.24) is 10.2 Å². The molecule has 1 fully saturated rings. The van der Waals surface area contributed by atoms with Gasteiger partial charge in [0.05, 0.1) is 20.1 Å². The predicted octanol–water partition coefficient (Wildman–Crippen LogP) is 3.90. The Hall–Kier alpha value is -2.24. The Bertz CT molecular complexity index is 759. The summed E-state index contributed by atoms with van der Waals surface area (Å²) in [6.45, 7) is 3.16. The molecule has 0 aromatic heterocycles. The van der Waals surface area contributed by atoms with Gasteiger partial charge in [-0.2, -0.15) is 0 Å². The number of nitrogens with zero attached hydrogens (tertiary/aromatic N) is 1. The average Bonchev–Trinajstić information content (AvgIpc) is 2.71. The fourth-order valence-corrected chi connectivity index (χ4v) is 3.53. The lowest BCUT2D eigenvalue weighted by atomic mass is 10.0. The highest BCUT2D eigenvalue weighted by atomic mass is 35.5. The smallest absolute Gasteiger partial charge is 0.223 e. The lowest BCUT2D eigenvalue weighted by Crippen LogP contribution is -2.44. The van der Waals surface area contributed by atoms with Gasteiger partial charge >= 0.3 is 0 Å². The van der Waals surface area contributed by atoms with Crippen LogP contribution in [0.5, 0.6) is 11.5 Å². The second-order valence-electron chi connectivity index (χ2n) is 6.98. The Morgan fingerprint density at radius 1 is 1.14 bits per heavy atom. The molecule has 0 spiro atoms. The van der Waals surface area contributed by atoms with Crippen LogP contribution in [0.2, 0.25) is 5.02 Å². The van der Waals surface area contributed by atoms with Gasteiger partial charge in [-0.05, 0) is 43.2 Å². The van der Waals surface area contributed by atoms with Crippen LogP contribution in [0.1, 0.15) is 24.8 Å². The van der Waals surface area contributed by atoms with Crippen LogP contribution in [0.15, 0.2) is 48.5 Å². The highest BCUT2D eigenvalue weighted by molar-refractivity contribution is 6.30. The minimum Gasteiger partial charge on any atom is -0.496 e. The summed E-state index contributed by atoms with van der Waals surface area (Å²) in [5.41, 5.74) is 1.20. The average molecular weight is 403 g/mol. The molecular weight excluding hydrogens is 376 g/mol. The number of carbonyl (C=O) groups excluding carboxylic acids is 1. The maximum absolute atomic E-state index is 12.2.